The summed E-state index contributed by atoms with van der Waals surface area (Å²) in [4.78, 5) is 11.9. The van der Waals surface area contributed by atoms with Crippen molar-refractivity contribution in [2.45, 2.75) is 19.1 Å². The van der Waals surface area contributed by atoms with Gasteiger partial charge in [0, 0.05) is 16.7 Å². The Kier molecular flexibility index (Phi) is 18.2. The van der Waals surface area contributed by atoms with Crippen molar-refractivity contribution in [3.63, 3.8) is 0 Å². The predicted molar refractivity (Wildman–Crippen MR) is 245 cm³/mol. The maximum atomic E-state index is 12.1. The number of methoxy groups -OCH3 is 2. The topological polar surface area (TPSA) is 272 Å². The Bertz CT molecular complexity index is 3150. The normalized spacial score (nSPS) is 11.0. The molecular weight excluding hydrogens is 1090 g/mol. The smallest absolute Gasteiger partial charge is 0.506 e. The number of aromatic hydroxyl groups is 1. The molecule has 0 spiro atoms. The van der Waals surface area contributed by atoms with E-state index >= 15 is 0 Å². The first-order chi connectivity index (χ1) is 35.6. The van der Waals surface area contributed by atoms with Crippen LogP contribution in [0.5, 0.6) is 34.5 Å². The number of hydrogen-bond donors (Lipinski definition) is 4. The van der Waals surface area contributed by atoms with Crippen LogP contribution in [0, 0.1) is 0 Å². The average molecular weight is 1120 g/mol. The van der Waals surface area contributed by atoms with Crippen LogP contribution in [-0.2, 0) is 0 Å². The van der Waals surface area contributed by atoms with Gasteiger partial charge in [-0.3, -0.25) is 10.6 Å². The second-order valence-corrected chi connectivity index (χ2v) is 14.6. The molecule has 0 aliphatic rings. The summed E-state index contributed by atoms with van der Waals surface area (Å²) in [5, 5.41) is 36.9. The number of anilines is 5. The molecule has 392 valence electrons. The molecule has 0 aliphatic carbocycles. The summed E-state index contributed by atoms with van der Waals surface area (Å²) in [6.45, 7) is 0. The Balaban J connectivity index is 0.000000171. The zero-order valence-corrected chi connectivity index (χ0v) is 39.3. The van der Waals surface area contributed by atoms with E-state index in [2.05, 4.69) is 86.3 Å². The Morgan fingerprint density at radius 1 is 0.453 bits per heavy atom. The molecule has 0 aliphatic heterocycles. The number of rotatable bonds is 12. The fraction of sp³-hybridized carbons (Fsp3) is 0.114. The van der Waals surface area contributed by atoms with Crippen molar-refractivity contribution < 1.29 is 81.6 Å². The second kappa shape index (κ2) is 24.8. The zero-order valence-electron chi connectivity index (χ0n) is 37.7. The van der Waals surface area contributed by atoms with Gasteiger partial charge in [-0.2, -0.15) is 0 Å². The Morgan fingerprint density at radius 2 is 0.813 bits per heavy atom. The number of halogens is 10. The van der Waals surface area contributed by atoms with Crippen molar-refractivity contribution in [2.24, 2.45) is 0 Å². The molecule has 0 atom stereocenters. The zero-order chi connectivity index (χ0) is 54.2. The van der Waals surface area contributed by atoms with Crippen LogP contribution in [-0.4, -0.2) is 84.0 Å². The van der Waals surface area contributed by atoms with Gasteiger partial charge in [-0.05, 0) is 125 Å². The van der Waals surface area contributed by atoms with Crippen molar-refractivity contribution in [2.75, 3.05) is 30.6 Å². The third kappa shape index (κ3) is 18.6. The van der Waals surface area contributed by atoms with Crippen molar-refractivity contribution in [1.82, 2.24) is 45.5 Å². The Labute approximate surface area is 422 Å². The van der Waals surface area contributed by atoms with Gasteiger partial charge in [0.15, 0.2) is 0 Å². The molecule has 0 saturated carbocycles. The van der Waals surface area contributed by atoms with Crippen LogP contribution in [0.3, 0.4) is 0 Å². The Morgan fingerprint density at radius 3 is 1.13 bits per heavy atom. The van der Waals surface area contributed by atoms with Crippen molar-refractivity contribution in [3.05, 3.63) is 132 Å². The van der Waals surface area contributed by atoms with E-state index in [1.807, 2.05) is 12.1 Å². The minimum absolute atomic E-state index is 0.00735. The first kappa shape index (κ1) is 54.9. The number of hydrogen-bond acceptors (Lipinski definition) is 21. The average Bonchev–Trinajstić information content (AvgIpc) is 4.15. The number of alkyl halides is 9. The van der Waals surface area contributed by atoms with E-state index < -0.39 is 19.1 Å². The van der Waals surface area contributed by atoms with Gasteiger partial charge in [-0.25, -0.2) is 15.0 Å². The van der Waals surface area contributed by atoms with E-state index in [1.54, 1.807) is 25.4 Å². The molecule has 31 heteroatoms. The van der Waals surface area contributed by atoms with Crippen LogP contribution in [0.1, 0.15) is 0 Å². The maximum Gasteiger partial charge on any atom is 0.573 e. The molecule has 9 rings (SSSR count). The van der Waals surface area contributed by atoms with E-state index in [0.717, 1.165) is 46.8 Å². The van der Waals surface area contributed by atoms with Gasteiger partial charge in [-0.1, -0.05) is 15.3 Å². The summed E-state index contributed by atoms with van der Waals surface area (Å²) in [6.07, 6.45) is -9.80. The van der Waals surface area contributed by atoms with E-state index in [1.165, 1.54) is 68.0 Å². The molecule has 0 radical (unpaired) electrons. The van der Waals surface area contributed by atoms with Gasteiger partial charge in [0.25, 0.3) is 0 Å². The number of nitrogen functional groups attached to an aromatic ring is 1. The molecule has 6 aromatic heterocycles. The third-order valence-electron chi connectivity index (χ3n) is 8.42. The van der Waals surface area contributed by atoms with Crippen LogP contribution < -0.4 is 40.1 Å². The van der Waals surface area contributed by atoms with Crippen LogP contribution in [0.15, 0.2) is 146 Å². The van der Waals surface area contributed by atoms with Crippen LogP contribution in [0.4, 0.5) is 69.2 Å². The summed E-state index contributed by atoms with van der Waals surface area (Å²) in [5.41, 5.74) is 6.53. The molecule has 5 N–H and O–H groups in total. The van der Waals surface area contributed by atoms with Gasteiger partial charge >= 0.3 is 37.1 Å². The lowest BCUT2D eigenvalue weighted by atomic mass is 10.2. The molecule has 3 aromatic carbocycles. The largest absolute Gasteiger partial charge is 0.573 e. The highest BCUT2D eigenvalue weighted by Gasteiger charge is 2.32. The van der Waals surface area contributed by atoms with Crippen LogP contribution in [0.25, 0.3) is 34.4 Å². The first-order valence-corrected chi connectivity index (χ1v) is 21.1. The minimum Gasteiger partial charge on any atom is -0.506 e. The maximum absolute atomic E-state index is 12.1. The fourth-order valence-electron chi connectivity index (χ4n) is 5.27. The van der Waals surface area contributed by atoms with Gasteiger partial charge in [0.05, 0.1) is 32.8 Å². The molecule has 0 unspecified atom stereocenters. The van der Waals surface area contributed by atoms with E-state index in [4.69, 9.17) is 33.6 Å². The number of nitrogens with zero attached hydrogens (tertiary/aromatic N) is 9. The van der Waals surface area contributed by atoms with Gasteiger partial charge in [0.1, 0.15) is 50.7 Å². The third-order valence-corrected chi connectivity index (χ3v) is 8.89. The van der Waals surface area contributed by atoms with E-state index in [9.17, 15) is 39.5 Å². The number of benzene rings is 3. The number of nitrogens with two attached hydrogens (primary N) is 1. The molecule has 0 fully saturated rings. The molecule has 9 aromatic rings. The molecule has 0 amide bonds. The quantitative estimate of drug-likeness (QED) is 0.0654. The first-order valence-electron chi connectivity index (χ1n) is 20.3. The summed E-state index contributed by atoms with van der Waals surface area (Å²) in [5.74, 6) is 1.57. The lowest BCUT2D eigenvalue weighted by Gasteiger charge is -2.08. The van der Waals surface area contributed by atoms with Gasteiger partial charge in [0.2, 0.25) is 17.7 Å². The summed E-state index contributed by atoms with van der Waals surface area (Å²) in [7, 11) is 3.14. The molecule has 0 bridgehead atoms. The minimum atomic E-state index is -4.75. The molecule has 6 heterocycles. The number of pyridine rings is 3. The lowest BCUT2D eigenvalue weighted by Crippen LogP contribution is -2.16. The predicted octanol–water partition coefficient (Wildman–Crippen LogP) is 11.3. The monoisotopic (exact) mass is 1120 g/mol. The molecule has 75 heavy (non-hydrogen) atoms. The summed E-state index contributed by atoms with van der Waals surface area (Å²) < 4.78 is 146. The Hall–Kier alpha value is -9.42. The van der Waals surface area contributed by atoms with Crippen molar-refractivity contribution in [3.8, 4) is 68.9 Å². The number of aromatic nitrogens is 9. The van der Waals surface area contributed by atoms with E-state index in [-0.39, 0.29) is 58.7 Å². The molecule has 0 saturated heterocycles. The van der Waals surface area contributed by atoms with Gasteiger partial charge < -0.3 is 47.8 Å². The highest BCUT2D eigenvalue weighted by Crippen LogP contribution is 2.30. The summed E-state index contributed by atoms with van der Waals surface area (Å²) in [6, 6.07) is 25.0. The van der Waals surface area contributed by atoms with Gasteiger partial charge in [-0.15, -0.1) is 54.8 Å². The number of nitrogens with one attached hydrogen (secondary N) is 2. The van der Waals surface area contributed by atoms with Crippen LogP contribution >= 0.6 is 15.9 Å². The summed E-state index contributed by atoms with van der Waals surface area (Å²) >= 11 is 3.21. The number of ether oxygens (including phenoxy) is 5. The van der Waals surface area contributed by atoms with E-state index in [0.29, 0.717) is 34.1 Å². The SMILES string of the molecule is COc1ccc(Br)nc1.COc1ccc(Nc2nnc(-c3ccc(OC(F)(F)F)cc3)o2)nc1.Nc1nnc(-c2ccc(OC(F)(F)F)cc2)o1.Oc1ccc(Nc2nnc(-c3ccc(OC(F)(F)F)cc3)o2)nc1. The highest BCUT2D eigenvalue weighted by atomic mass is 79.9. The highest BCUT2D eigenvalue weighted by molar-refractivity contribution is 9.10. The fourth-order valence-corrected chi connectivity index (χ4v) is 5.50. The van der Waals surface area contributed by atoms with Crippen LogP contribution in [0.2, 0.25) is 0 Å². The second-order valence-electron chi connectivity index (χ2n) is 13.7. The lowest BCUT2D eigenvalue weighted by molar-refractivity contribution is -0.275. The standard InChI is InChI=1S/C15H11F3N4O3.C14H9F3N4O3.C9H6F3N3O2.C6H6BrNO/c1-23-11-6-7-12(19-8-11)20-14-22-21-13(24-14)9-2-4-10(5-3-9)25-15(16,17)18;15-14(16,17)24-10-4-1-8(2-5-10)12-20-21-13(23-12)19-11-6-3-9(22)7-18-11;10-9(11,12)17-6-3-1-5(2-4-6)7-14-15-8(13)16-7;1-9-5-2-3-6(7)8-4-5/h2-8H,1H3,(H,19,20,22);1-7,22H,(H,18,19,21);1-4H,(H2,13,15);2-4H,1H3. The van der Waals surface area contributed by atoms with Crippen molar-refractivity contribution in [1.29, 1.82) is 0 Å². The molecular formula is C44H32BrF9N12O9. The van der Waals surface area contributed by atoms with Crippen molar-refractivity contribution >= 4 is 45.6 Å². The molecule has 21 nitrogen and oxygen atoms in total.